The van der Waals surface area contributed by atoms with Crippen LogP contribution < -0.4 is 10.1 Å². The fourth-order valence-electron chi connectivity index (χ4n) is 2.61. The van der Waals surface area contributed by atoms with E-state index in [9.17, 15) is 22.0 Å². The third kappa shape index (κ3) is 3.63. The van der Waals surface area contributed by atoms with Crippen LogP contribution in [0.4, 0.5) is 8.78 Å². The van der Waals surface area contributed by atoms with Crippen LogP contribution >= 0.6 is 0 Å². The van der Waals surface area contributed by atoms with E-state index in [4.69, 9.17) is 0 Å². The Bertz CT molecular complexity index is 669. The summed E-state index contributed by atoms with van der Waals surface area (Å²) in [6.45, 7) is -1.19. The molecule has 0 aliphatic heterocycles. The molecule has 1 N–H and O–H groups in total. The van der Waals surface area contributed by atoms with Crippen molar-refractivity contribution in [1.82, 2.24) is 5.32 Å². The molecule has 1 atom stereocenters. The molecular weight excluding hydrogens is 328 g/mol. The lowest BCUT2D eigenvalue weighted by molar-refractivity contribution is -0.126. The molecule has 1 fully saturated rings. The molecule has 0 aromatic heterocycles. The van der Waals surface area contributed by atoms with Gasteiger partial charge in [-0.25, -0.2) is 8.42 Å². The summed E-state index contributed by atoms with van der Waals surface area (Å²) in [5.41, 5.74) is 0.669. The molecule has 0 heterocycles. The molecule has 2 rings (SSSR count). The molecule has 8 heteroatoms. The first-order valence-electron chi connectivity index (χ1n) is 7.21. The van der Waals surface area contributed by atoms with Crippen molar-refractivity contribution in [3.63, 3.8) is 0 Å². The maximum absolute atomic E-state index is 12.4. The minimum atomic E-state index is -3.49. The number of rotatable bonds is 6. The molecule has 128 valence electrons. The molecular formula is C15H19F2NO4S. The first kappa shape index (κ1) is 17.7. The van der Waals surface area contributed by atoms with Gasteiger partial charge in [-0.3, -0.25) is 4.79 Å². The molecule has 1 aromatic carbocycles. The summed E-state index contributed by atoms with van der Waals surface area (Å²) in [5.74, 6) is -0.486. The van der Waals surface area contributed by atoms with E-state index in [1.807, 2.05) is 0 Å². The van der Waals surface area contributed by atoms with Gasteiger partial charge in [0, 0.05) is 6.26 Å². The zero-order valence-electron chi connectivity index (χ0n) is 12.9. The summed E-state index contributed by atoms with van der Waals surface area (Å²) in [7, 11) is -3.49. The van der Waals surface area contributed by atoms with Gasteiger partial charge in [0.1, 0.15) is 10.5 Å². The largest absolute Gasteiger partial charge is 0.435 e. The van der Waals surface area contributed by atoms with Crippen molar-refractivity contribution in [3.05, 3.63) is 29.8 Å². The quantitative estimate of drug-likeness (QED) is 0.858. The lowest BCUT2D eigenvalue weighted by Gasteiger charge is -2.38. The number of amides is 1. The van der Waals surface area contributed by atoms with E-state index in [2.05, 4.69) is 10.1 Å². The van der Waals surface area contributed by atoms with Crippen molar-refractivity contribution in [2.24, 2.45) is 0 Å². The van der Waals surface area contributed by atoms with Gasteiger partial charge in [-0.2, -0.15) is 8.78 Å². The highest BCUT2D eigenvalue weighted by atomic mass is 32.2. The van der Waals surface area contributed by atoms with E-state index in [0.29, 0.717) is 24.8 Å². The summed E-state index contributed by atoms with van der Waals surface area (Å²) in [6.07, 6.45) is 2.43. The fourth-order valence-corrected chi connectivity index (χ4v) is 4.04. The average molecular weight is 347 g/mol. The van der Waals surface area contributed by atoms with Crippen LogP contribution in [-0.4, -0.2) is 31.9 Å². The van der Waals surface area contributed by atoms with Crippen molar-refractivity contribution >= 4 is 15.7 Å². The minimum Gasteiger partial charge on any atom is -0.435 e. The highest BCUT2D eigenvalue weighted by Crippen LogP contribution is 2.39. The molecule has 1 aliphatic rings. The zero-order valence-corrected chi connectivity index (χ0v) is 13.7. The predicted molar refractivity (Wildman–Crippen MR) is 81.1 cm³/mol. The highest BCUT2D eigenvalue weighted by Gasteiger charge is 2.53. The molecule has 5 nitrogen and oxygen atoms in total. The Labute approximate surface area is 133 Å². The van der Waals surface area contributed by atoms with Crippen molar-refractivity contribution in [2.75, 3.05) is 6.26 Å². The molecule has 0 saturated heterocycles. The molecule has 0 spiro atoms. The fraction of sp³-hybridized carbons (Fsp3) is 0.533. The maximum Gasteiger partial charge on any atom is 0.387 e. The Hall–Kier alpha value is -1.70. The van der Waals surface area contributed by atoms with Crippen molar-refractivity contribution in [1.29, 1.82) is 0 Å². The van der Waals surface area contributed by atoms with E-state index < -0.39 is 33.1 Å². The van der Waals surface area contributed by atoms with Crippen LogP contribution in [0.15, 0.2) is 24.3 Å². The third-order valence-electron chi connectivity index (χ3n) is 4.24. The normalized spacial score (nSPS) is 18.1. The van der Waals surface area contributed by atoms with Gasteiger partial charge >= 0.3 is 6.61 Å². The van der Waals surface area contributed by atoms with Gasteiger partial charge in [-0.15, -0.1) is 0 Å². The summed E-state index contributed by atoms with van der Waals surface area (Å²) in [4.78, 5) is 12.4. The molecule has 1 amide bonds. The number of benzene rings is 1. The Balaban J connectivity index is 2.07. The number of hydrogen-bond acceptors (Lipinski definition) is 4. The summed E-state index contributed by atoms with van der Waals surface area (Å²) in [5, 5.41) is 2.70. The molecule has 1 saturated carbocycles. The molecule has 0 bridgehead atoms. The Morgan fingerprint density at radius 1 is 1.26 bits per heavy atom. The number of sulfone groups is 1. The molecule has 23 heavy (non-hydrogen) atoms. The van der Waals surface area contributed by atoms with Crippen LogP contribution in [0.2, 0.25) is 0 Å². The van der Waals surface area contributed by atoms with Crippen LogP contribution in [0.3, 0.4) is 0 Å². The van der Waals surface area contributed by atoms with Crippen LogP contribution in [-0.2, 0) is 14.6 Å². The van der Waals surface area contributed by atoms with Gasteiger partial charge in [-0.1, -0.05) is 12.1 Å². The highest BCUT2D eigenvalue weighted by molar-refractivity contribution is 7.93. The summed E-state index contributed by atoms with van der Waals surface area (Å²) >= 11 is 0. The number of nitrogens with one attached hydrogen (secondary N) is 1. The Morgan fingerprint density at radius 3 is 2.22 bits per heavy atom. The second-order valence-corrected chi connectivity index (χ2v) is 8.09. The topological polar surface area (TPSA) is 72.5 Å². The lowest BCUT2D eigenvalue weighted by atomic mass is 9.83. The van der Waals surface area contributed by atoms with Crippen molar-refractivity contribution < 1.29 is 26.7 Å². The molecule has 1 aliphatic carbocycles. The zero-order chi connectivity index (χ0) is 17.3. The number of carbonyl (C=O) groups is 1. The smallest absolute Gasteiger partial charge is 0.387 e. The van der Waals surface area contributed by atoms with Gasteiger partial charge in [-0.05, 0) is 43.9 Å². The number of carbonyl (C=O) groups excluding carboxylic acids is 1. The van der Waals surface area contributed by atoms with Gasteiger partial charge in [0.25, 0.3) is 0 Å². The first-order valence-corrected chi connectivity index (χ1v) is 9.10. The number of hydrogen-bond donors (Lipinski definition) is 1. The van der Waals surface area contributed by atoms with Crippen LogP contribution in [0.25, 0.3) is 0 Å². The summed E-state index contributed by atoms with van der Waals surface area (Å²) < 4.78 is 50.9. The van der Waals surface area contributed by atoms with Gasteiger partial charge in [0.05, 0.1) is 6.04 Å². The maximum atomic E-state index is 12.4. The number of alkyl halides is 2. The van der Waals surface area contributed by atoms with E-state index in [1.54, 1.807) is 19.1 Å². The minimum absolute atomic E-state index is 0.0221. The van der Waals surface area contributed by atoms with Crippen LogP contribution in [0.1, 0.15) is 37.8 Å². The molecule has 0 unspecified atom stereocenters. The van der Waals surface area contributed by atoms with Gasteiger partial charge < -0.3 is 10.1 Å². The van der Waals surface area contributed by atoms with E-state index in [0.717, 1.165) is 6.26 Å². The second kappa shape index (κ2) is 6.43. The first-order chi connectivity index (χ1) is 10.7. The third-order valence-corrected chi connectivity index (χ3v) is 6.25. The van der Waals surface area contributed by atoms with Crippen molar-refractivity contribution in [3.8, 4) is 5.75 Å². The summed E-state index contributed by atoms with van der Waals surface area (Å²) in [6, 6.07) is 5.41. The molecule has 1 aromatic rings. The van der Waals surface area contributed by atoms with E-state index in [-0.39, 0.29) is 5.75 Å². The van der Waals surface area contributed by atoms with E-state index in [1.165, 1.54) is 12.1 Å². The van der Waals surface area contributed by atoms with Gasteiger partial charge in [0.15, 0.2) is 9.84 Å². The van der Waals surface area contributed by atoms with Crippen LogP contribution in [0, 0.1) is 0 Å². The Morgan fingerprint density at radius 2 is 1.83 bits per heavy atom. The standard InChI is InChI=1S/C15H19F2NO4S/c1-10(11-4-6-12(7-5-11)22-14(16)17)18-13(19)15(8-3-9-15)23(2,20)21/h4-7,10,14H,3,8-9H2,1-2H3,(H,18,19)/t10-/m1/s1. The lowest BCUT2D eigenvalue weighted by Crippen LogP contribution is -2.56. The van der Waals surface area contributed by atoms with Crippen LogP contribution in [0.5, 0.6) is 5.75 Å². The van der Waals surface area contributed by atoms with Crippen molar-refractivity contribution in [2.45, 2.75) is 43.6 Å². The van der Waals surface area contributed by atoms with Gasteiger partial charge in [0.2, 0.25) is 5.91 Å². The Kier molecular flexibility index (Phi) is 4.93. The second-order valence-electron chi connectivity index (χ2n) is 5.76. The molecule has 0 radical (unpaired) electrons. The predicted octanol–water partition coefficient (Wildman–Crippen LogP) is 2.43. The number of ether oxygens (including phenoxy) is 1. The van der Waals surface area contributed by atoms with E-state index >= 15 is 0 Å². The monoisotopic (exact) mass is 347 g/mol. The SMILES string of the molecule is C[C@@H](NC(=O)C1(S(C)(=O)=O)CCC1)c1ccc(OC(F)F)cc1. The average Bonchev–Trinajstić information content (AvgIpc) is 2.35. The number of halogens is 2.